The summed E-state index contributed by atoms with van der Waals surface area (Å²) in [7, 11) is 1.62. The lowest BCUT2D eigenvalue weighted by molar-refractivity contribution is 0.102. The molecular formula is C14H12BrN3O2S. The van der Waals surface area contributed by atoms with Crippen LogP contribution in [0.3, 0.4) is 0 Å². The number of hydrogen-bond donors (Lipinski definition) is 2. The molecule has 2 rings (SSSR count). The first-order valence-corrected chi connectivity index (χ1v) is 7.16. The summed E-state index contributed by atoms with van der Waals surface area (Å²) in [6, 6.07) is 7.99. The zero-order valence-electron chi connectivity index (χ0n) is 11.1. The molecule has 0 spiro atoms. The molecule has 0 saturated heterocycles. The Hall–Kier alpha value is -1.99. The van der Waals surface area contributed by atoms with E-state index >= 15 is 0 Å². The van der Waals surface area contributed by atoms with E-state index < -0.39 is 0 Å². The molecule has 1 amide bonds. The van der Waals surface area contributed by atoms with Crippen molar-refractivity contribution in [2.24, 2.45) is 12.8 Å². The molecule has 1 aromatic heterocycles. The SMILES string of the molecule is Cn1ccc(C(=O)Nc2ccc(C(N)=S)cc2Br)cc1=O. The van der Waals surface area contributed by atoms with Crippen LogP contribution in [0, 0.1) is 0 Å². The maximum Gasteiger partial charge on any atom is 0.255 e. The number of carbonyl (C=O) groups is 1. The van der Waals surface area contributed by atoms with Gasteiger partial charge in [0.25, 0.3) is 11.5 Å². The van der Waals surface area contributed by atoms with Crippen molar-refractivity contribution in [2.75, 3.05) is 5.32 Å². The highest BCUT2D eigenvalue weighted by atomic mass is 79.9. The Kier molecular flexibility index (Phi) is 4.54. The number of halogens is 1. The smallest absolute Gasteiger partial charge is 0.255 e. The molecule has 0 unspecified atom stereocenters. The average Bonchev–Trinajstić information content (AvgIpc) is 2.43. The van der Waals surface area contributed by atoms with Gasteiger partial charge in [-0.15, -0.1) is 0 Å². The number of amides is 1. The van der Waals surface area contributed by atoms with E-state index in [-0.39, 0.29) is 16.5 Å². The minimum Gasteiger partial charge on any atom is -0.389 e. The first kappa shape index (κ1) is 15.4. The monoisotopic (exact) mass is 365 g/mol. The molecule has 21 heavy (non-hydrogen) atoms. The number of rotatable bonds is 3. The van der Waals surface area contributed by atoms with Crippen molar-refractivity contribution in [2.45, 2.75) is 0 Å². The van der Waals surface area contributed by atoms with Crippen molar-refractivity contribution in [1.82, 2.24) is 4.57 Å². The van der Waals surface area contributed by atoms with Gasteiger partial charge in [0.15, 0.2) is 0 Å². The molecule has 7 heteroatoms. The van der Waals surface area contributed by atoms with Crippen molar-refractivity contribution in [3.63, 3.8) is 0 Å². The second-order valence-corrected chi connectivity index (χ2v) is 5.67. The zero-order valence-corrected chi connectivity index (χ0v) is 13.5. The van der Waals surface area contributed by atoms with Crippen molar-refractivity contribution < 1.29 is 4.79 Å². The summed E-state index contributed by atoms with van der Waals surface area (Å²) < 4.78 is 2.05. The Morgan fingerprint density at radius 1 is 1.29 bits per heavy atom. The molecule has 0 radical (unpaired) electrons. The third-order valence-electron chi connectivity index (χ3n) is 2.87. The Morgan fingerprint density at radius 2 is 2.00 bits per heavy atom. The van der Waals surface area contributed by atoms with Crippen LogP contribution in [0.1, 0.15) is 15.9 Å². The topological polar surface area (TPSA) is 77.1 Å². The first-order valence-electron chi connectivity index (χ1n) is 5.96. The van der Waals surface area contributed by atoms with Crippen LogP contribution >= 0.6 is 28.1 Å². The summed E-state index contributed by atoms with van der Waals surface area (Å²) in [5, 5.41) is 2.72. The third-order valence-corrected chi connectivity index (χ3v) is 3.76. The fourth-order valence-electron chi connectivity index (χ4n) is 1.65. The van der Waals surface area contributed by atoms with Gasteiger partial charge in [-0.2, -0.15) is 0 Å². The fraction of sp³-hybridized carbons (Fsp3) is 0.0714. The lowest BCUT2D eigenvalue weighted by Crippen LogP contribution is -2.20. The summed E-state index contributed by atoms with van der Waals surface area (Å²) in [6.07, 6.45) is 1.54. The van der Waals surface area contributed by atoms with E-state index in [9.17, 15) is 9.59 Å². The van der Waals surface area contributed by atoms with Crippen LogP contribution in [-0.2, 0) is 7.05 Å². The third kappa shape index (κ3) is 3.56. The number of benzene rings is 1. The van der Waals surface area contributed by atoms with Gasteiger partial charge in [0, 0.05) is 34.9 Å². The molecule has 108 valence electrons. The molecule has 0 bridgehead atoms. The molecule has 1 aromatic carbocycles. The van der Waals surface area contributed by atoms with Crippen LogP contribution in [0.25, 0.3) is 0 Å². The van der Waals surface area contributed by atoms with Gasteiger partial charge >= 0.3 is 0 Å². The van der Waals surface area contributed by atoms with Gasteiger partial charge < -0.3 is 15.6 Å². The second-order valence-electron chi connectivity index (χ2n) is 4.38. The summed E-state index contributed by atoms with van der Waals surface area (Å²) >= 11 is 8.24. The van der Waals surface area contributed by atoms with E-state index in [4.69, 9.17) is 18.0 Å². The highest BCUT2D eigenvalue weighted by Gasteiger charge is 2.10. The number of nitrogens with two attached hydrogens (primary N) is 1. The van der Waals surface area contributed by atoms with Crippen LogP contribution in [0.5, 0.6) is 0 Å². The lowest BCUT2D eigenvalue weighted by Gasteiger charge is -2.09. The summed E-state index contributed by atoms with van der Waals surface area (Å²) in [5.41, 5.74) is 6.86. The van der Waals surface area contributed by atoms with Crippen molar-refractivity contribution in [3.8, 4) is 0 Å². The normalized spacial score (nSPS) is 10.2. The molecular weight excluding hydrogens is 354 g/mol. The Morgan fingerprint density at radius 3 is 2.57 bits per heavy atom. The van der Waals surface area contributed by atoms with Gasteiger partial charge in [-0.3, -0.25) is 9.59 Å². The lowest BCUT2D eigenvalue weighted by atomic mass is 10.2. The average molecular weight is 366 g/mol. The van der Waals surface area contributed by atoms with Gasteiger partial charge in [0.1, 0.15) is 4.99 Å². The zero-order chi connectivity index (χ0) is 15.6. The summed E-state index contributed by atoms with van der Waals surface area (Å²) in [6.45, 7) is 0. The Labute approximate surface area is 134 Å². The maximum absolute atomic E-state index is 12.1. The van der Waals surface area contributed by atoms with Gasteiger partial charge in [-0.05, 0) is 40.2 Å². The fourth-order valence-corrected chi connectivity index (χ4v) is 2.26. The second kappa shape index (κ2) is 6.19. The Balaban J connectivity index is 2.25. The van der Waals surface area contributed by atoms with E-state index in [1.165, 1.54) is 10.6 Å². The molecule has 0 aliphatic heterocycles. The standard InChI is InChI=1S/C14H12BrN3O2S/c1-18-5-4-9(7-12(18)19)14(20)17-11-3-2-8(13(16)21)6-10(11)15/h2-7H,1H3,(H2,16,21)(H,17,20). The van der Waals surface area contributed by atoms with Gasteiger partial charge in [0.2, 0.25) is 0 Å². The number of thiocarbonyl (C=S) groups is 1. The molecule has 0 fully saturated rings. The number of anilines is 1. The summed E-state index contributed by atoms with van der Waals surface area (Å²) in [4.78, 5) is 23.9. The number of pyridine rings is 1. The number of hydrogen-bond acceptors (Lipinski definition) is 3. The molecule has 2 aromatic rings. The highest BCUT2D eigenvalue weighted by molar-refractivity contribution is 9.10. The van der Waals surface area contributed by atoms with E-state index in [0.717, 1.165) is 0 Å². The number of nitrogens with one attached hydrogen (secondary N) is 1. The van der Waals surface area contributed by atoms with Crippen LogP contribution in [-0.4, -0.2) is 15.5 Å². The highest BCUT2D eigenvalue weighted by Crippen LogP contribution is 2.24. The predicted octanol–water partition coefficient (Wildman–Crippen LogP) is 2.03. The van der Waals surface area contributed by atoms with E-state index in [2.05, 4.69) is 21.2 Å². The van der Waals surface area contributed by atoms with E-state index in [0.29, 0.717) is 21.3 Å². The molecule has 0 atom stereocenters. The summed E-state index contributed by atoms with van der Waals surface area (Å²) in [5.74, 6) is -0.364. The number of aromatic nitrogens is 1. The molecule has 5 nitrogen and oxygen atoms in total. The van der Waals surface area contributed by atoms with Gasteiger partial charge in [0.05, 0.1) is 5.69 Å². The molecule has 0 aliphatic carbocycles. The quantitative estimate of drug-likeness (QED) is 0.815. The number of aryl methyl sites for hydroxylation is 1. The molecule has 3 N–H and O–H groups in total. The maximum atomic E-state index is 12.1. The van der Waals surface area contributed by atoms with Crippen LogP contribution < -0.4 is 16.6 Å². The number of carbonyl (C=O) groups excluding carboxylic acids is 1. The van der Waals surface area contributed by atoms with Crippen molar-refractivity contribution in [1.29, 1.82) is 0 Å². The minimum absolute atomic E-state index is 0.245. The van der Waals surface area contributed by atoms with Crippen LogP contribution in [0.15, 0.2) is 45.8 Å². The van der Waals surface area contributed by atoms with Crippen molar-refractivity contribution in [3.05, 3.63) is 62.5 Å². The molecule has 0 saturated carbocycles. The molecule has 0 aliphatic rings. The van der Waals surface area contributed by atoms with Gasteiger partial charge in [-0.1, -0.05) is 12.2 Å². The number of nitrogens with zero attached hydrogens (tertiary/aromatic N) is 1. The van der Waals surface area contributed by atoms with E-state index in [1.807, 2.05) is 0 Å². The van der Waals surface area contributed by atoms with E-state index in [1.54, 1.807) is 37.5 Å². The largest absolute Gasteiger partial charge is 0.389 e. The predicted molar refractivity (Wildman–Crippen MR) is 89.7 cm³/mol. The van der Waals surface area contributed by atoms with Crippen LogP contribution in [0.2, 0.25) is 0 Å². The minimum atomic E-state index is -0.364. The van der Waals surface area contributed by atoms with Crippen molar-refractivity contribution >= 4 is 44.7 Å². The first-order chi connectivity index (χ1) is 9.88. The van der Waals surface area contributed by atoms with Crippen LogP contribution in [0.4, 0.5) is 5.69 Å². The van der Waals surface area contributed by atoms with Gasteiger partial charge in [-0.25, -0.2) is 0 Å². The Bertz CT molecular complexity index is 786. The molecule has 1 heterocycles.